The monoisotopic (exact) mass is 365 g/mol. The minimum absolute atomic E-state index is 0.142. The molecular weight excluding hydrogens is 352 g/mol. The lowest BCUT2D eigenvalue weighted by molar-refractivity contribution is -0.331. The third kappa shape index (κ3) is 3.16. The second-order valence-corrected chi connectivity index (χ2v) is 7.38. The molecule has 1 atom stereocenters. The summed E-state index contributed by atoms with van der Waals surface area (Å²) in [6.45, 7) is 0. The van der Waals surface area contributed by atoms with Crippen LogP contribution in [-0.4, -0.2) is 35.7 Å². The highest BCUT2D eigenvalue weighted by molar-refractivity contribution is 7.97. The molecular formula is C14H13F8S+. The maximum absolute atomic E-state index is 13.8. The molecule has 130 valence electrons. The van der Waals surface area contributed by atoms with Crippen LogP contribution in [0.1, 0.15) is 12.0 Å². The fraction of sp³-hybridized carbons (Fsp3) is 0.571. The van der Waals surface area contributed by atoms with Crippen LogP contribution < -0.4 is 0 Å². The molecule has 1 aliphatic heterocycles. The van der Waals surface area contributed by atoms with Gasteiger partial charge in [0.2, 0.25) is 0 Å². The first-order chi connectivity index (χ1) is 10.5. The quantitative estimate of drug-likeness (QED) is 0.520. The molecule has 0 amide bonds. The summed E-state index contributed by atoms with van der Waals surface area (Å²) in [5.41, 5.74) is 0.696. The van der Waals surface area contributed by atoms with Crippen molar-refractivity contribution in [1.82, 2.24) is 0 Å². The molecule has 1 aromatic rings. The summed E-state index contributed by atoms with van der Waals surface area (Å²) in [5.74, 6) is -18.9. The molecule has 1 aromatic carbocycles. The maximum Gasteiger partial charge on any atom is 0.382 e. The fourth-order valence-electron chi connectivity index (χ4n) is 2.38. The Labute approximate surface area is 130 Å². The standard InChI is InChI=1S/C14H13F8S/c15-11(16)13(19,20)14(21,22)12(17,18)8-23-7-3-5-9-4-1-2-6-10(9)23/h1-2,4,6,11H,3,5,7-8H2/q+1. The van der Waals surface area contributed by atoms with Crippen LogP contribution in [0.15, 0.2) is 29.2 Å². The Morgan fingerprint density at radius 3 is 2.22 bits per heavy atom. The number of rotatable bonds is 5. The van der Waals surface area contributed by atoms with Gasteiger partial charge in [0.1, 0.15) is 5.75 Å². The summed E-state index contributed by atoms with van der Waals surface area (Å²) >= 11 is 0. The summed E-state index contributed by atoms with van der Waals surface area (Å²) in [6.07, 6.45) is -3.84. The summed E-state index contributed by atoms with van der Waals surface area (Å²) < 4.78 is 104. The second kappa shape index (κ2) is 6.14. The Morgan fingerprint density at radius 1 is 1.00 bits per heavy atom. The zero-order valence-electron chi connectivity index (χ0n) is 11.6. The lowest BCUT2D eigenvalue weighted by atomic mass is 10.1. The van der Waals surface area contributed by atoms with Crippen molar-refractivity contribution < 1.29 is 35.1 Å². The molecule has 0 saturated carbocycles. The van der Waals surface area contributed by atoms with Gasteiger partial charge in [0.15, 0.2) is 10.6 Å². The Bertz CT molecular complexity index is 557. The first-order valence-corrected chi connectivity index (χ1v) is 8.24. The molecule has 0 N–H and O–H groups in total. The van der Waals surface area contributed by atoms with E-state index in [1.165, 1.54) is 12.1 Å². The maximum atomic E-state index is 13.8. The molecule has 0 radical (unpaired) electrons. The SMILES string of the molecule is FC(F)C(F)(F)C(F)(F)C(F)(F)C[S+]1CCCc2ccccc21. The Hall–Kier alpha value is -0.990. The van der Waals surface area contributed by atoms with Crippen molar-refractivity contribution in [2.75, 3.05) is 11.5 Å². The first-order valence-electron chi connectivity index (χ1n) is 6.67. The van der Waals surface area contributed by atoms with Gasteiger partial charge < -0.3 is 0 Å². The fourth-order valence-corrected chi connectivity index (χ4v) is 4.82. The van der Waals surface area contributed by atoms with Crippen LogP contribution in [0.4, 0.5) is 35.1 Å². The predicted molar refractivity (Wildman–Crippen MR) is 71.0 cm³/mol. The molecule has 9 heteroatoms. The van der Waals surface area contributed by atoms with Crippen LogP contribution >= 0.6 is 0 Å². The molecule has 1 aliphatic rings. The van der Waals surface area contributed by atoms with Gasteiger partial charge in [-0.3, -0.25) is 0 Å². The van der Waals surface area contributed by atoms with Crippen molar-refractivity contribution in [1.29, 1.82) is 0 Å². The van der Waals surface area contributed by atoms with Crippen molar-refractivity contribution in [3.63, 3.8) is 0 Å². The molecule has 0 spiro atoms. The van der Waals surface area contributed by atoms with E-state index in [0.29, 0.717) is 23.3 Å². The molecule has 1 unspecified atom stereocenters. The van der Waals surface area contributed by atoms with Gasteiger partial charge in [-0.25, -0.2) is 8.78 Å². The summed E-state index contributed by atoms with van der Waals surface area (Å²) in [6, 6.07) is 6.33. The average molecular weight is 365 g/mol. The summed E-state index contributed by atoms with van der Waals surface area (Å²) in [7, 11) is -1.39. The number of hydrogen-bond donors (Lipinski definition) is 0. The molecule has 0 fully saturated rings. The van der Waals surface area contributed by atoms with Gasteiger partial charge in [0, 0.05) is 16.5 Å². The van der Waals surface area contributed by atoms with Gasteiger partial charge in [-0.2, -0.15) is 26.3 Å². The van der Waals surface area contributed by atoms with E-state index in [-0.39, 0.29) is 5.75 Å². The van der Waals surface area contributed by atoms with E-state index >= 15 is 0 Å². The molecule has 0 saturated heterocycles. The second-order valence-electron chi connectivity index (χ2n) is 5.26. The van der Waals surface area contributed by atoms with Gasteiger partial charge >= 0.3 is 24.2 Å². The lowest BCUT2D eigenvalue weighted by Gasteiger charge is -2.32. The molecule has 0 aromatic heterocycles. The number of benzene rings is 1. The van der Waals surface area contributed by atoms with E-state index in [4.69, 9.17) is 0 Å². The van der Waals surface area contributed by atoms with Crippen LogP contribution in [0.5, 0.6) is 0 Å². The van der Waals surface area contributed by atoms with Crippen LogP contribution in [0.3, 0.4) is 0 Å². The average Bonchev–Trinajstić information content (AvgIpc) is 2.46. The number of aryl methyl sites for hydroxylation is 1. The van der Waals surface area contributed by atoms with Crippen molar-refractivity contribution in [2.45, 2.75) is 41.9 Å². The van der Waals surface area contributed by atoms with Crippen molar-refractivity contribution in [3.8, 4) is 0 Å². The normalized spacial score (nSPS) is 19.8. The smallest absolute Gasteiger partial charge is 0.203 e. The van der Waals surface area contributed by atoms with E-state index in [2.05, 4.69) is 0 Å². The zero-order valence-corrected chi connectivity index (χ0v) is 12.5. The number of hydrogen-bond acceptors (Lipinski definition) is 0. The minimum atomic E-state index is -6.12. The van der Waals surface area contributed by atoms with Gasteiger partial charge in [-0.15, -0.1) is 0 Å². The van der Waals surface area contributed by atoms with Gasteiger partial charge in [0.05, 0.1) is 0 Å². The number of fused-ring (bicyclic) bond motifs is 1. The Balaban J connectivity index is 2.29. The van der Waals surface area contributed by atoms with Crippen molar-refractivity contribution in [3.05, 3.63) is 29.8 Å². The molecule has 0 nitrogen and oxygen atoms in total. The topological polar surface area (TPSA) is 0 Å². The lowest BCUT2D eigenvalue weighted by Crippen LogP contribution is -2.60. The number of halogens is 8. The van der Waals surface area contributed by atoms with Crippen molar-refractivity contribution in [2.24, 2.45) is 0 Å². The molecule has 2 rings (SSSR count). The largest absolute Gasteiger partial charge is 0.382 e. The number of alkyl halides is 8. The molecule has 23 heavy (non-hydrogen) atoms. The van der Waals surface area contributed by atoms with Crippen molar-refractivity contribution >= 4 is 10.9 Å². The van der Waals surface area contributed by atoms with Gasteiger partial charge in [-0.05, 0) is 18.9 Å². The highest BCUT2D eigenvalue weighted by Crippen LogP contribution is 2.49. The van der Waals surface area contributed by atoms with Crippen LogP contribution in [0, 0.1) is 0 Å². The van der Waals surface area contributed by atoms with E-state index in [0.717, 1.165) is 0 Å². The first kappa shape index (κ1) is 18.4. The zero-order chi connectivity index (χ0) is 17.5. The molecule has 0 bridgehead atoms. The van der Waals surface area contributed by atoms with Crippen LogP contribution in [0.2, 0.25) is 0 Å². The predicted octanol–water partition coefficient (Wildman–Crippen LogP) is 4.78. The van der Waals surface area contributed by atoms with E-state index in [1.807, 2.05) is 0 Å². The molecule has 0 aliphatic carbocycles. The third-order valence-corrected chi connectivity index (χ3v) is 6.14. The summed E-state index contributed by atoms with van der Waals surface area (Å²) in [4.78, 5) is 0.412. The van der Waals surface area contributed by atoms with Gasteiger partial charge in [0.25, 0.3) is 0 Å². The minimum Gasteiger partial charge on any atom is -0.203 e. The third-order valence-electron chi connectivity index (χ3n) is 3.63. The Kier molecular flexibility index (Phi) is 4.90. The van der Waals surface area contributed by atoms with E-state index in [1.54, 1.807) is 12.1 Å². The Morgan fingerprint density at radius 2 is 1.61 bits per heavy atom. The molecule has 1 heterocycles. The highest BCUT2D eigenvalue weighted by Gasteiger charge is 2.77. The van der Waals surface area contributed by atoms with Crippen LogP contribution in [0.25, 0.3) is 0 Å². The van der Waals surface area contributed by atoms with Gasteiger partial charge in [-0.1, -0.05) is 18.2 Å². The summed E-state index contributed by atoms with van der Waals surface area (Å²) in [5, 5.41) is 0. The highest BCUT2D eigenvalue weighted by atomic mass is 32.2. The van der Waals surface area contributed by atoms with E-state index < -0.39 is 40.8 Å². The van der Waals surface area contributed by atoms with Crippen LogP contribution in [-0.2, 0) is 17.3 Å². The van der Waals surface area contributed by atoms with E-state index in [9.17, 15) is 35.1 Å².